The highest BCUT2D eigenvalue weighted by atomic mass is 16.5. The number of nitrogens with zero attached hydrogens (tertiary/aromatic N) is 3. The molecule has 1 saturated heterocycles. The maximum Gasteiger partial charge on any atom is 0.257 e. The molecule has 2 fully saturated rings. The summed E-state index contributed by atoms with van der Waals surface area (Å²) >= 11 is 0. The molecular formula is C19H29N3O3. The van der Waals surface area contributed by atoms with Gasteiger partial charge in [0.25, 0.3) is 5.91 Å². The standard InChI is InChI=1S/C19H29N3O3/c1-5-25-16-13-15(19(16,2)3)21(4)18(23)14-7-6-8-20-17(14)22-9-11-24-12-10-22/h6-8,15-16H,5,9-13H2,1-4H3/t15-,16-/m0/s1. The maximum atomic E-state index is 13.2. The van der Waals surface area contributed by atoms with Crippen molar-refractivity contribution in [1.29, 1.82) is 0 Å². The summed E-state index contributed by atoms with van der Waals surface area (Å²) in [5, 5.41) is 0. The van der Waals surface area contributed by atoms with Gasteiger partial charge in [-0.3, -0.25) is 4.79 Å². The molecule has 2 heterocycles. The first-order chi connectivity index (χ1) is 12.0. The van der Waals surface area contributed by atoms with E-state index in [4.69, 9.17) is 9.47 Å². The van der Waals surface area contributed by atoms with Gasteiger partial charge in [-0.05, 0) is 25.5 Å². The van der Waals surface area contributed by atoms with Crippen LogP contribution in [0.25, 0.3) is 0 Å². The van der Waals surface area contributed by atoms with Gasteiger partial charge in [0.1, 0.15) is 5.82 Å². The van der Waals surface area contributed by atoms with Gasteiger partial charge in [-0.2, -0.15) is 0 Å². The van der Waals surface area contributed by atoms with Crippen LogP contribution in [-0.2, 0) is 9.47 Å². The Bertz CT molecular complexity index is 614. The van der Waals surface area contributed by atoms with Crippen molar-refractivity contribution >= 4 is 11.7 Å². The van der Waals surface area contributed by atoms with Crippen LogP contribution in [0.5, 0.6) is 0 Å². The van der Waals surface area contributed by atoms with Crippen LogP contribution < -0.4 is 4.90 Å². The molecule has 0 spiro atoms. The summed E-state index contributed by atoms with van der Waals surface area (Å²) in [4.78, 5) is 21.7. The largest absolute Gasteiger partial charge is 0.378 e. The molecule has 138 valence electrons. The molecule has 0 radical (unpaired) electrons. The molecule has 2 atom stereocenters. The molecule has 1 aromatic heterocycles. The summed E-state index contributed by atoms with van der Waals surface area (Å²) in [7, 11) is 1.90. The number of anilines is 1. The van der Waals surface area contributed by atoms with Gasteiger partial charge in [0, 0.05) is 44.4 Å². The zero-order valence-corrected chi connectivity index (χ0v) is 15.7. The molecular weight excluding hydrogens is 318 g/mol. The highest BCUT2D eigenvalue weighted by molar-refractivity contribution is 5.99. The van der Waals surface area contributed by atoms with Crippen molar-refractivity contribution in [3.8, 4) is 0 Å². The molecule has 0 unspecified atom stereocenters. The van der Waals surface area contributed by atoms with E-state index in [1.165, 1.54) is 0 Å². The van der Waals surface area contributed by atoms with Crippen molar-refractivity contribution in [3.63, 3.8) is 0 Å². The lowest BCUT2D eigenvalue weighted by Gasteiger charge is -2.54. The normalized spacial score (nSPS) is 25.4. The Morgan fingerprint density at radius 3 is 2.80 bits per heavy atom. The number of pyridine rings is 1. The van der Waals surface area contributed by atoms with E-state index in [0.717, 1.165) is 25.3 Å². The molecule has 0 N–H and O–H groups in total. The average molecular weight is 347 g/mol. The van der Waals surface area contributed by atoms with Crippen LogP contribution in [0.3, 0.4) is 0 Å². The topological polar surface area (TPSA) is 54.9 Å². The lowest BCUT2D eigenvalue weighted by Crippen LogP contribution is -2.62. The Labute approximate surface area is 150 Å². The zero-order valence-electron chi connectivity index (χ0n) is 15.7. The number of carbonyl (C=O) groups excluding carboxylic acids is 1. The number of ether oxygens (including phenoxy) is 2. The quantitative estimate of drug-likeness (QED) is 0.817. The van der Waals surface area contributed by atoms with E-state index in [9.17, 15) is 4.79 Å². The second kappa shape index (κ2) is 7.30. The zero-order chi connectivity index (χ0) is 18.0. The number of aromatic nitrogens is 1. The minimum Gasteiger partial charge on any atom is -0.378 e. The molecule has 25 heavy (non-hydrogen) atoms. The molecule has 0 bridgehead atoms. The van der Waals surface area contributed by atoms with Crippen LogP contribution in [0.1, 0.15) is 37.6 Å². The van der Waals surface area contributed by atoms with E-state index in [2.05, 4.69) is 23.7 Å². The fourth-order valence-electron chi connectivity index (χ4n) is 3.93. The second-order valence-electron chi connectivity index (χ2n) is 7.41. The third-order valence-electron chi connectivity index (χ3n) is 5.61. The second-order valence-corrected chi connectivity index (χ2v) is 7.41. The van der Waals surface area contributed by atoms with Gasteiger partial charge >= 0.3 is 0 Å². The van der Waals surface area contributed by atoms with Gasteiger partial charge in [0.15, 0.2) is 0 Å². The van der Waals surface area contributed by atoms with Crippen LogP contribution in [0.2, 0.25) is 0 Å². The van der Waals surface area contributed by atoms with Gasteiger partial charge in [-0.15, -0.1) is 0 Å². The van der Waals surface area contributed by atoms with Crippen LogP contribution in [0.4, 0.5) is 5.82 Å². The molecule has 6 nitrogen and oxygen atoms in total. The van der Waals surface area contributed by atoms with Crippen molar-refractivity contribution in [2.75, 3.05) is 44.9 Å². The van der Waals surface area contributed by atoms with E-state index in [-0.39, 0.29) is 23.5 Å². The van der Waals surface area contributed by atoms with Gasteiger partial charge in [0.05, 0.1) is 24.9 Å². The van der Waals surface area contributed by atoms with E-state index in [0.29, 0.717) is 25.4 Å². The van der Waals surface area contributed by atoms with E-state index in [1.54, 1.807) is 6.20 Å². The van der Waals surface area contributed by atoms with Gasteiger partial charge in [-0.25, -0.2) is 4.98 Å². The number of hydrogen-bond donors (Lipinski definition) is 0. The Morgan fingerprint density at radius 2 is 2.16 bits per heavy atom. The fraction of sp³-hybridized carbons (Fsp3) is 0.684. The smallest absolute Gasteiger partial charge is 0.257 e. The Balaban J connectivity index is 1.77. The molecule has 1 aliphatic heterocycles. The fourth-order valence-corrected chi connectivity index (χ4v) is 3.93. The van der Waals surface area contributed by atoms with Gasteiger partial charge in [-0.1, -0.05) is 13.8 Å². The summed E-state index contributed by atoms with van der Waals surface area (Å²) < 4.78 is 11.2. The molecule has 2 aliphatic rings. The van der Waals surface area contributed by atoms with Crippen LogP contribution in [0.15, 0.2) is 18.3 Å². The molecule has 6 heteroatoms. The number of amides is 1. The van der Waals surface area contributed by atoms with Crippen molar-refractivity contribution < 1.29 is 14.3 Å². The summed E-state index contributed by atoms with van der Waals surface area (Å²) in [6.07, 6.45) is 2.85. The third kappa shape index (κ3) is 3.37. The van der Waals surface area contributed by atoms with E-state index < -0.39 is 0 Å². The lowest BCUT2D eigenvalue weighted by atomic mass is 9.63. The molecule has 1 aromatic rings. The molecule has 1 amide bonds. The van der Waals surface area contributed by atoms with Crippen molar-refractivity contribution in [2.45, 2.75) is 39.3 Å². The minimum absolute atomic E-state index is 0.0302. The summed E-state index contributed by atoms with van der Waals surface area (Å²) in [5.74, 6) is 0.795. The third-order valence-corrected chi connectivity index (χ3v) is 5.61. The minimum atomic E-state index is -0.0399. The number of rotatable bonds is 5. The molecule has 0 aromatic carbocycles. The average Bonchev–Trinajstić information content (AvgIpc) is 2.64. The van der Waals surface area contributed by atoms with E-state index >= 15 is 0 Å². The van der Waals surface area contributed by atoms with Crippen LogP contribution >= 0.6 is 0 Å². The van der Waals surface area contributed by atoms with Gasteiger partial charge < -0.3 is 19.3 Å². The highest BCUT2D eigenvalue weighted by Crippen LogP contribution is 2.45. The number of carbonyl (C=O) groups is 1. The van der Waals surface area contributed by atoms with E-state index in [1.807, 2.05) is 31.0 Å². The summed E-state index contributed by atoms with van der Waals surface area (Å²) in [6, 6.07) is 3.89. The Morgan fingerprint density at radius 1 is 1.44 bits per heavy atom. The first-order valence-electron chi connectivity index (χ1n) is 9.13. The first kappa shape index (κ1) is 18.1. The Hall–Kier alpha value is -1.66. The lowest BCUT2D eigenvalue weighted by molar-refractivity contribution is -0.136. The SMILES string of the molecule is CCO[C@H]1C[C@H](N(C)C(=O)c2cccnc2N2CCOCC2)C1(C)C. The maximum absolute atomic E-state index is 13.2. The number of hydrogen-bond acceptors (Lipinski definition) is 5. The van der Waals surface area contributed by atoms with Crippen molar-refractivity contribution in [2.24, 2.45) is 5.41 Å². The molecule has 1 saturated carbocycles. The number of morpholine rings is 1. The Kier molecular flexibility index (Phi) is 5.29. The molecule has 1 aliphatic carbocycles. The predicted octanol–water partition coefficient (Wildman–Crippen LogP) is 2.19. The van der Waals surface area contributed by atoms with Crippen LogP contribution in [0, 0.1) is 5.41 Å². The van der Waals surface area contributed by atoms with Crippen LogP contribution in [-0.4, -0.2) is 67.9 Å². The highest BCUT2D eigenvalue weighted by Gasteiger charge is 2.52. The summed E-state index contributed by atoms with van der Waals surface area (Å²) in [6.45, 7) is 9.96. The van der Waals surface area contributed by atoms with Crippen molar-refractivity contribution in [3.05, 3.63) is 23.9 Å². The van der Waals surface area contributed by atoms with Crippen molar-refractivity contribution in [1.82, 2.24) is 9.88 Å². The molecule has 3 rings (SSSR count). The summed E-state index contributed by atoms with van der Waals surface area (Å²) in [5.41, 5.74) is 0.629. The van der Waals surface area contributed by atoms with Gasteiger partial charge in [0.2, 0.25) is 0 Å². The first-order valence-corrected chi connectivity index (χ1v) is 9.13. The monoisotopic (exact) mass is 347 g/mol. The predicted molar refractivity (Wildman–Crippen MR) is 97.0 cm³/mol.